The summed E-state index contributed by atoms with van der Waals surface area (Å²) in [4.78, 5) is 24.3. The first kappa shape index (κ1) is 13.2. The lowest BCUT2D eigenvalue weighted by Gasteiger charge is -2.33. The Morgan fingerprint density at radius 2 is 2.11 bits per heavy atom. The van der Waals surface area contributed by atoms with Gasteiger partial charge in [0, 0.05) is 26.1 Å². The van der Waals surface area contributed by atoms with E-state index in [1.54, 1.807) is 7.05 Å². The van der Waals surface area contributed by atoms with Crippen LogP contribution in [0.5, 0.6) is 0 Å². The highest BCUT2D eigenvalue weighted by Gasteiger charge is 2.41. The summed E-state index contributed by atoms with van der Waals surface area (Å²) in [6, 6.07) is -0.683. The van der Waals surface area contributed by atoms with E-state index in [4.69, 9.17) is 4.74 Å². The minimum atomic E-state index is -1.31. The van der Waals surface area contributed by atoms with Crippen molar-refractivity contribution < 1.29 is 19.4 Å². The maximum Gasteiger partial charge on any atom is 0.329 e. The third-order valence-corrected chi connectivity index (χ3v) is 2.84. The number of nitrogens with one attached hydrogen (secondary N) is 2. The number of carboxylic acids is 1. The van der Waals surface area contributed by atoms with Crippen LogP contribution in [0.3, 0.4) is 0 Å². The quantitative estimate of drug-likeness (QED) is 0.639. The summed E-state index contributed by atoms with van der Waals surface area (Å²) in [6.07, 6.45) is 0.424. The van der Waals surface area contributed by atoms with E-state index in [0.29, 0.717) is 0 Å². The van der Waals surface area contributed by atoms with Crippen LogP contribution >= 0.6 is 0 Å². The molecule has 1 aromatic heterocycles. The molecule has 0 spiro atoms. The number of rotatable bonds is 3. The average Bonchev–Trinajstić information content (AvgIpc) is 2.75. The normalized spacial score (nSPS) is 17.7. The summed E-state index contributed by atoms with van der Waals surface area (Å²) in [5, 5.41) is 24.9. The SMILES string of the molecule is Cn1nnc(NC(=O)NC2(C(=O)O)CCOCC2)n1. The number of hydrogen-bond acceptors (Lipinski definition) is 6. The molecule has 1 aliphatic heterocycles. The molecule has 0 bridgehead atoms. The molecule has 0 aromatic carbocycles. The van der Waals surface area contributed by atoms with Crippen LogP contribution in [0.4, 0.5) is 10.7 Å². The fourth-order valence-electron chi connectivity index (χ4n) is 1.80. The predicted molar refractivity (Wildman–Crippen MR) is 61.4 cm³/mol. The molecule has 2 rings (SSSR count). The highest BCUT2D eigenvalue weighted by Crippen LogP contribution is 2.21. The maximum atomic E-state index is 11.8. The monoisotopic (exact) mass is 270 g/mol. The van der Waals surface area contributed by atoms with Crippen LogP contribution < -0.4 is 10.6 Å². The van der Waals surface area contributed by atoms with Crippen molar-refractivity contribution in [1.29, 1.82) is 0 Å². The Labute approximate surface area is 108 Å². The van der Waals surface area contributed by atoms with Gasteiger partial charge in [0.1, 0.15) is 5.54 Å². The van der Waals surface area contributed by atoms with Crippen molar-refractivity contribution >= 4 is 17.9 Å². The highest BCUT2D eigenvalue weighted by molar-refractivity contribution is 5.92. The first-order valence-corrected chi connectivity index (χ1v) is 5.66. The lowest BCUT2D eigenvalue weighted by Crippen LogP contribution is -2.58. The van der Waals surface area contributed by atoms with Gasteiger partial charge in [0.25, 0.3) is 5.95 Å². The van der Waals surface area contributed by atoms with Gasteiger partial charge in [-0.05, 0) is 5.21 Å². The summed E-state index contributed by atoms with van der Waals surface area (Å²) in [5.74, 6) is -1.08. The first-order chi connectivity index (χ1) is 9.02. The zero-order valence-electron chi connectivity index (χ0n) is 10.3. The molecule has 3 N–H and O–H groups in total. The number of amides is 2. The minimum absolute atomic E-state index is 0.00704. The molecule has 2 heterocycles. The summed E-state index contributed by atoms with van der Waals surface area (Å²) < 4.78 is 5.11. The predicted octanol–water partition coefficient (Wildman–Crippen LogP) is -1.03. The second-order valence-corrected chi connectivity index (χ2v) is 4.18. The molecule has 1 saturated heterocycles. The Kier molecular flexibility index (Phi) is 3.60. The van der Waals surface area contributed by atoms with Gasteiger partial charge in [-0.2, -0.15) is 4.80 Å². The van der Waals surface area contributed by atoms with E-state index in [-0.39, 0.29) is 32.0 Å². The number of aryl methyl sites for hydroxylation is 1. The van der Waals surface area contributed by atoms with Crippen molar-refractivity contribution in [2.75, 3.05) is 18.5 Å². The Bertz CT molecular complexity index is 481. The number of carboxylic acid groups (broad SMARTS) is 1. The van der Waals surface area contributed by atoms with Crippen LogP contribution in [0.25, 0.3) is 0 Å². The molecule has 2 amide bonds. The van der Waals surface area contributed by atoms with E-state index in [1.165, 1.54) is 4.80 Å². The van der Waals surface area contributed by atoms with Crippen molar-refractivity contribution in [3.05, 3.63) is 0 Å². The number of aromatic nitrogens is 4. The number of carbonyl (C=O) groups is 2. The molecule has 10 nitrogen and oxygen atoms in total. The molecule has 19 heavy (non-hydrogen) atoms. The number of tetrazole rings is 1. The molecule has 0 saturated carbocycles. The molecule has 1 aliphatic rings. The largest absolute Gasteiger partial charge is 0.480 e. The maximum absolute atomic E-state index is 11.8. The molecule has 0 radical (unpaired) electrons. The number of carbonyl (C=O) groups excluding carboxylic acids is 1. The third kappa shape index (κ3) is 2.96. The molecule has 1 aromatic rings. The van der Waals surface area contributed by atoms with Crippen molar-refractivity contribution in [2.24, 2.45) is 7.05 Å². The molecular weight excluding hydrogens is 256 g/mol. The van der Waals surface area contributed by atoms with Crippen LogP contribution in [-0.2, 0) is 16.6 Å². The summed E-state index contributed by atoms with van der Waals surface area (Å²) >= 11 is 0. The van der Waals surface area contributed by atoms with Gasteiger partial charge in [-0.15, -0.1) is 5.10 Å². The second kappa shape index (κ2) is 5.18. The second-order valence-electron chi connectivity index (χ2n) is 4.18. The molecular formula is C9H14N6O4. The lowest BCUT2D eigenvalue weighted by atomic mass is 9.90. The van der Waals surface area contributed by atoms with E-state index in [0.717, 1.165) is 0 Å². The minimum Gasteiger partial charge on any atom is -0.480 e. The van der Waals surface area contributed by atoms with Crippen LogP contribution in [0.15, 0.2) is 0 Å². The van der Waals surface area contributed by atoms with Gasteiger partial charge in [0.2, 0.25) is 0 Å². The van der Waals surface area contributed by atoms with Crippen LogP contribution in [0.1, 0.15) is 12.8 Å². The molecule has 104 valence electrons. The third-order valence-electron chi connectivity index (χ3n) is 2.84. The van der Waals surface area contributed by atoms with Crippen molar-refractivity contribution in [2.45, 2.75) is 18.4 Å². The molecule has 0 aliphatic carbocycles. The fraction of sp³-hybridized carbons (Fsp3) is 0.667. The molecule has 10 heteroatoms. The van der Waals surface area contributed by atoms with E-state index >= 15 is 0 Å². The number of anilines is 1. The number of ether oxygens (including phenoxy) is 1. The zero-order valence-corrected chi connectivity index (χ0v) is 10.3. The van der Waals surface area contributed by atoms with Crippen molar-refractivity contribution in [3.63, 3.8) is 0 Å². The Hall–Kier alpha value is -2.23. The van der Waals surface area contributed by atoms with Gasteiger partial charge < -0.3 is 15.2 Å². The zero-order chi connectivity index (χ0) is 13.9. The Morgan fingerprint density at radius 1 is 1.42 bits per heavy atom. The van der Waals surface area contributed by atoms with Gasteiger partial charge in [0.15, 0.2) is 0 Å². The number of nitrogens with zero attached hydrogens (tertiary/aromatic N) is 4. The average molecular weight is 270 g/mol. The van der Waals surface area contributed by atoms with Gasteiger partial charge in [0.05, 0.1) is 7.05 Å². The Morgan fingerprint density at radius 3 is 2.63 bits per heavy atom. The van der Waals surface area contributed by atoms with Crippen LogP contribution in [0.2, 0.25) is 0 Å². The van der Waals surface area contributed by atoms with Gasteiger partial charge in [-0.1, -0.05) is 5.10 Å². The molecule has 1 fully saturated rings. The van der Waals surface area contributed by atoms with Crippen LogP contribution in [0, 0.1) is 0 Å². The molecule has 0 atom stereocenters. The van der Waals surface area contributed by atoms with E-state index < -0.39 is 17.5 Å². The van der Waals surface area contributed by atoms with E-state index in [9.17, 15) is 14.7 Å². The summed E-state index contributed by atoms with van der Waals surface area (Å²) in [5.41, 5.74) is -1.31. The van der Waals surface area contributed by atoms with Gasteiger partial charge in [-0.3, -0.25) is 5.32 Å². The van der Waals surface area contributed by atoms with Gasteiger partial charge >= 0.3 is 12.0 Å². The van der Waals surface area contributed by atoms with Crippen molar-refractivity contribution in [3.8, 4) is 0 Å². The number of hydrogen-bond donors (Lipinski definition) is 3. The van der Waals surface area contributed by atoms with E-state index in [1.807, 2.05) is 0 Å². The van der Waals surface area contributed by atoms with Gasteiger partial charge in [-0.25, -0.2) is 9.59 Å². The van der Waals surface area contributed by atoms with Crippen LogP contribution in [-0.4, -0.2) is 56.1 Å². The smallest absolute Gasteiger partial charge is 0.329 e. The number of urea groups is 1. The lowest BCUT2D eigenvalue weighted by molar-refractivity contribution is -0.148. The first-order valence-electron chi connectivity index (χ1n) is 5.66. The Balaban J connectivity index is 2.01. The van der Waals surface area contributed by atoms with Crippen molar-refractivity contribution in [1.82, 2.24) is 25.5 Å². The highest BCUT2D eigenvalue weighted by atomic mass is 16.5. The van der Waals surface area contributed by atoms with E-state index in [2.05, 4.69) is 26.0 Å². The molecule has 0 unspecified atom stereocenters. The number of aliphatic carboxylic acids is 1. The standard InChI is InChI=1S/C9H14N6O4/c1-15-13-7(12-14-15)10-8(18)11-9(6(16)17)2-4-19-5-3-9/h2-5H2,1H3,(H,16,17)(H2,10,11,13,18). The fourth-order valence-corrected chi connectivity index (χ4v) is 1.80. The summed E-state index contributed by atoms with van der Waals surface area (Å²) in [6.45, 7) is 0.575. The topological polar surface area (TPSA) is 131 Å². The summed E-state index contributed by atoms with van der Waals surface area (Å²) in [7, 11) is 1.55.